The van der Waals surface area contributed by atoms with Crippen LogP contribution < -0.4 is 11.1 Å². The Morgan fingerprint density at radius 3 is 2.57 bits per heavy atom. The van der Waals surface area contributed by atoms with Crippen LogP contribution in [0.25, 0.3) is 11.1 Å². The number of esters is 1. The first-order chi connectivity index (χ1) is 10.0. The van der Waals surface area contributed by atoms with Crippen molar-refractivity contribution in [3.63, 3.8) is 0 Å². The van der Waals surface area contributed by atoms with Crippen molar-refractivity contribution < 1.29 is 18.7 Å². The van der Waals surface area contributed by atoms with Crippen LogP contribution in [0, 0.1) is 5.82 Å². The van der Waals surface area contributed by atoms with Gasteiger partial charge in [0.2, 0.25) is 0 Å². The van der Waals surface area contributed by atoms with E-state index in [4.69, 9.17) is 10.5 Å². The van der Waals surface area contributed by atoms with E-state index >= 15 is 0 Å². The number of hydrogen-bond acceptors (Lipinski definition) is 4. The van der Waals surface area contributed by atoms with Crippen molar-refractivity contribution in [2.45, 2.75) is 6.92 Å². The van der Waals surface area contributed by atoms with E-state index in [2.05, 4.69) is 5.32 Å². The van der Waals surface area contributed by atoms with E-state index in [0.717, 1.165) is 11.3 Å². The highest BCUT2D eigenvalue weighted by Crippen LogP contribution is 2.36. The SMILES string of the molecule is CCOC(=O)c1scc(-c2ccc(F)cc2)c1NC(N)=O. The molecule has 7 heteroatoms. The van der Waals surface area contributed by atoms with Crippen molar-refractivity contribution >= 4 is 29.0 Å². The zero-order chi connectivity index (χ0) is 15.4. The van der Waals surface area contributed by atoms with Crippen molar-refractivity contribution in [3.8, 4) is 11.1 Å². The number of hydrogen-bond donors (Lipinski definition) is 2. The highest BCUT2D eigenvalue weighted by Gasteiger charge is 2.21. The summed E-state index contributed by atoms with van der Waals surface area (Å²) >= 11 is 1.13. The van der Waals surface area contributed by atoms with Crippen LogP contribution in [0.3, 0.4) is 0 Å². The van der Waals surface area contributed by atoms with Crippen LogP contribution in [-0.4, -0.2) is 18.6 Å². The fourth-order valence-corrected chi connectivity index (χ4v) is 2.72. The molecule has 2 aromatic rings. The highest BCUT2D eigenvalue weighted by atomic mass is 32.1. The Hall–Kier alpha value is -2.41. The Balaban J connectivity index is 2.48. The van der Waals surface area contributed by atoms with Gasteiger partial charge >= 0.3 is 12.0 Å². The number of thiophene rings is 1. The Kier molecular flexibility index (Phi) is 4.54. The lowest BCUT2D eigenvalue weighted by atomic mass is 10.1. The molecule has 0 aliphatic carbocycles. The predicted molar refractivity (Wildman–Crippen MR) is 78.9 cm³/mol. The monoisotopic (exact) mass is 308 g/mol. The lowest BCUT2D eigenvalue weighted by Gasteiger charge is -2.07. The molecule has 110 valence electrons. The second-order valence-corrected chi connectivity index (χ2v) is 4.95. The van der Waals surface area contributed by atoms with Crippen LogP contribution in [0.2, 0.25) is 0 Å². The van der Waals surface area contributed by atoms with E-state index in [-0.39, 0.29) is 23.0 Å². The number of primary amides is 1. The summed E-state index contributed by atoms with van der Waals surface area (Å²) < 4.78 is 17.9. The van der Waals surface area contributed by atoms with Crippen LogP contribution in [0.5, 0.6) is 0 Å². The molecule has 0 aliphatic rings. The Morgan fingerprint density at radius 2 is 2.00 bits per heavy atom. The highest BCUT2D eigenvalue weighted by molar-refractivity contribution is 7.13. The fourth-order valence-electron chi connectivity index (χ4n) is 1.79. The lowest BCUT2D eigenvalue weighted by molar-refractivity contribution is 0.0533. The van der Waals surface area contributed by atoms with E-state index in [1.807, 2.05) is 0 Å². The maximum absolute atomic E-state index is 13.0. The van der Waals surface area contributed by atoms with Gasteiger partial charge in [-0.15, -0.1) is 11.3 Å². The van der Waals surface area contributed by atoms with Crippen LogP contribution >= 0.6 is 11.3 Å². The predicted octanol–water partition coefficient (Wildman–Crippen LogP) is 3.22. The van der Waals surface area contributed by atoms with Crippen molar-refractivity contribution in [1.82, 2.24) is 0 Å². The maximum Gasteiger partial charge on any atom is 0.350 e. The lowest BCUT2D eigenvalue weighted by Crippen LogP contribution is -2.21. The summed E-state index contributed by atoms with van der Waals surface area (Å²) in [7, 11) is 0. The molecule has 5 nitrogen and oxygen atoms in total. The molecule has 21 heavy (non-hydrogen) atoms. The molecule has 0 saturated carbocycles. The normalized spacial score (nSPS) is 10.2. The van der Waals surface area contributed by atoms with E-state index in [1.165, 1.54) is 12.1 Å². The number of carbonyl (C=O) groups is 2. The number of urea groups is 1. The largest absolute Gasteiger partial charge is 0.462 e. The average Bonchev–Trinajstić information content (AvgIpc) is 2.83. The van der Waals surface area contributed by atoms with Gasteiger partial charge in [0.1, 0.15) is 10.7 Å². The van der Waals surface area contributed by atoms with E-state index in [0.29, 0.717) is 11.1 Å². The number of halogens is 1. The quantitative estimate of drug-likeness (QED) is 0.851. The molecular formula is C14H13FN2O3S. The zero-order valence-corrected chi connectivity index (χ0v) is 12.0. The van der Waals surface area contributed by atoms with Gasteiger partial charge in [-0.25, -0.2) is 14.0 Å². The second kappa shape index (κ2) is 6.36. The van der Waals surface area contributed by atoms with E-state index in [1.54, 1.807) is 24.4 Å². The number of carbonyl (C=O) groups excluding carboxylic acids is 2. The van der Waals surface area contributed by atoms with Gasteiger partial charge < -0.3 is 15.8 Å². The molecule has 0 bridgehead atoms. The summed E-state index contributed by atoms with van der Waals surface area (Å²) in [5.74, 6) is -0.913. The molecule has 1 aromatic heterocycles. The number of amides is 2. The molecule has 0 radical (unpaired) electrons. The van der Waals surface area contributed by atoms with E-state index in [9.17, 15) is 14.0 Å². The maximum atomic E-state index is 13.0. The second-order valence-electron chi connectivity index (χ2n) is 4.07. The number of anilines is 1. The molecular weight excluding hydrogens is 295 g/mol. The Morgan fingerprint density at radius 1 is 1.33 bits per heavy atom. The summed E-state index contributed by atoms with van der Waals surface area (Å²) in [6.07, 6.45) is 0. The number of ether oxygens (including phenoxy) is 1. The van der Waals surface area contributed by atoms with Gasteiger partial charge in [0, 0.05) is 10.9 Å². The van der Waals surface area contributed by atoms with E-state index < -0.39 is 12.0 Å². The van der Waals surface area contributed by atoms with Gasteiger partial charge in [-0.1, -0.05) is 12.1 Å². The number of nitrogens with one attached hydrogen (secondary N) is 1. The third-order valence-corrected chi connectivity index (χ3v) is 3.62. The molecule has 0 unspecified atom stereocenters. The first-order valence-corrected chi connectivity index (χ1v) is 7.02. The molecule has 0 spiro atoms. The summed E-state index contributed by atoms with van der Waals surface area (Å²) in [6.45, 7) is 1.91. The smallest absolute Gasteiger partial charge is 0.350 e. The van der Waals surface area contributed by atoms with Gasteiger partial charge in [-0.2, -0.15) is 0 Å². The van der Waals surface area contributed by atoms with Crippen LogP contribution in [-0.2, 0) is 4.74 Å². The topological polar surface area (TPSA) is 81.4 Å². The minimum atomic E-state index is -0.790. The summed E-state index contributed by atoms with van der Waals surface area (Å²) in [5.41, 5.74) is 6.66. The minimum absolute atomic E-state index is 0.221. The van der Waals surface area contributed by atoms with Crippen molar-refractivity contribution in [3.05, 3.63) is 40.3 Å². The first kappa shape index (κ1) is 15.0. The standard InChI is InChI=1S/C14H13FN2O3S/c1-2-20-13(18)12-11(17-14(16)19)10(7-21-12)8-3-5-9(15)6-4-8/h3-7H,2H2,1H3,(H3,16,17,19). The zero-order valence-electron chi connectivity index (χ0n) is 11.2. The summed E-state index contributed by atoms with van der Waals surface area (Å²) in [5, 5.41) is 4.11. The molecule has 2 amide bonds. The fraction of sp³-hybridized carbons (Fsp3) is 0.143. The van der Waals surface area contributed by atoms with Gasteiger partial charge in [0.15, 0.2) is 0 Å². The number of benzene rings is 1. The molecule has 1 aromatic carbocycles. The van der Waals surface area contributed by atoms with Crippen LogP contribution in [0.4, 0.5) is 14.9 Å². The molecule has 0 aliphatic heterocycles. The minimum Gasteiger partial charge on any atom is -0.462 e. The molecule has 0 atom stereocenters. The van der Waals surface area contributed by atoms with Crippen molar-refractivity contribution in [2.24, 2.45) is 5.73 Å². The first-order valence-electron chi connectivity index (χ1n) is 6.14. The van der Waals surface area contributed by atoms with Crippen molar-refractivity contribution in [2.75, 3.05) is 11.9 Å². The molecule has 0 fully saturated rings. The molecule has 2 rings (SSSR count). The number of rotatable bonds is 4. The molecule has 3 N–H and O–H groups in total. The van der Waals surface area contributed by atoms with Gasteiger partial charge in [-0.3, -0.25) is 0 Å². The average molecular weight is 308 g/mol. The van der Waals surface area contributed by atoms with Crippen molar-refractivity contribution in [1.29, 1.82) is 0 Å². The third kappa shape index (κ3) is 3.38. The Labute approximate surface area is 124 Å². The number of nitrogens with two attached hydrogens (primary N) is 1. The third-order valence-electron chi connectivity index (χ3n) is 2.66. The van der Waals surface area contributed by atoms with Gasteiger partial charge in [0.25, 0.3) is 0 Å². The van der Waals surface area contributed by atoms with Gasteiger partial charge in [0.05, 0.1) is 12.3 Å². The van der Waals surface area contributed by atoms with Gasteiger partial charge in [-0.05, 0) is 24.6 Å². The molecule has 0 saturated heterocycles. The summed E-state index contributed by atoms with van der Waals surface area (Å²) in [4.78, 5) is 23.3. The van der Waals surface area contributed by atoms with Crippen LogP contribution in [0.15, 0.2) is 29.6 Å². The van der Waals surface area contributed by atoms with Crippen LogP contribution in [0.1, 0.15) is 16.6 Å². The molecule has 1 heterocycles. The summed E-state index contributed by atoms with van der Waals surface area (Å²) in [6, 6.07) is 4.91. The Bertz CT molecular complexity index is 667.